The molecule has 0 aromatic heterocycles. The Bertz CT molecular complexity index is 789. The Morgan fingerprint density at radius 3 is 2.33 bits per heavy atom. The Balaban J connectivity index is 2.05. The highest BCUT2D eigenvalue weighted by Gasteiger charge is 2.59. The number of anilines is 1. The Morgan fingerprint density at radius 1 is 1.17 bits per heavy atom. The molecule has 1 aromatic rings. The van der Waals surface area contributed by atoms with Crippen molar-refractivity contribution in [2.75, 3.05) is 12.0 Å². The van der Waals surface area contributed by atoms with Crippen LogP contribution in [0.4, 0.5) is 5.69 Å². The van der Waals surface area contributed by atoms with E-state index in [1.165, 1.54) is 6.92 Å². The topological polar surface area (TPSA) is 96.3 Å². The quantitative estimate of drug-likeness (QED) is 0.379. The van der Waals surface area contributed by atoms with Crippen molar-refractivity contribution in [3.63, 3.8) is 0 Å². The van der Waals surface area contributed by atoms with Crippen molar-refractivity contribution in [1.82, 2.24) is 5.01 Å². The van der Waals surface area contributed by atoms with Crippen molar-refractivity contribution in [3.05, 3.63) is 27.8 Å². The second-order valence-corrected chi connectivity index (χ2v) is 6.50. The van der Waals surface area contributed by atoms with Gasteiger partial charge in [0, 0.05) is 10.5 Å². The zero-order chi connectivity index (χ0) is 17.6. The zero-order valence-electron chi connectivity index (χ0n) is 12.7. The lowest BCUT2D eigenvalue weighted by Crippen LogP contribution is -2.41. The third-order valence-electron chi connectivity index (χ3n) is 3.85. The molecule has 1 aromatic carbocycles. The first kappa shape index (κ1) is 16.6. The van der Waals surface area contributed by atoms with Gasteiger partial charge in [0.05, 0.1) is 12.8 Å². The van der Waals surface area contributed by atoms with Gasteiger partial charge < -0.3 is 4.74 Å². The SMILES string of the molecule is COC(=O)C1=NN(C(C)=O)[C@@H]2C(=O)N(c3ccc(I)cc3)C(=O)[C@H]12. The maximum Gasteiger partial charge on any atom is 0.355 e. The summed E-state index contributed by atoms with van der Waals surface area (Å²) in [5.41, 5.74) is 0.150. The third-order valence-corrected chi connectivity index (χ3v) is 4.57. The lowest BCUT2D eigenvalue weighted by atomic mass is 9.98. The molecular weight excluding hydrogens is 429 g/mol. The van der Waals surface area contributed by atoms with Crippen molar-refractivity contribution in [1.29, 1.82) is 0 Å². The number of imide groups is 1. The van der Waals surface area contributed by atoms with Gasteiger partial charge in [-0.1, -0.05) is 0 Å². The van der Waals surface area contributed by atoms with Crippen LogP contribution < -0.4 is 4.90 Å². The molecule has 1 saturated heterocycles. The minimum absolute atomic E-state index is 0.232. The number of hydrogen-bond acceptors (Lipinski definition) is 6. The molecule has 0 bridgehead atoms. The summed E-state index contributed by atoms with van der Waals surface area (Å²) < 4.78 is 5.56. The Hall–Kier alpha value is -2.30. The van der Waals surface area contributed by atoms with E-state index in [-0.39, 0.29) is 5.71 Å². The number of esters is 1. The van der Waals surface area contributed by atoms with Gasteiger partial charge in [-0.25, -0.2) is 14.7 Å². The minimum Gasteiger partial charge on any atom is -0.464 e. The Kier molecular flexibility index (Phi) is 4.11. The number of fused-ring (bicyclic) bond motifs is 1. The van der Waals surface area contributed by atoms with E-state index in [0.29, 0.717) is 5.69 Å². The Labute approximate surface area is 150 Å². The van der Waals surface area contributed by atoms with Crippen LogP contribution in [-0.4, -0.2) is 47.6 Å². The lowest BCUT2D eigenvalue weighted by molar-refractivity contribution is -0.136. The van der Waals surface area contributed by atoms with Crippen molar-refractivity contribution >= 4 is 57.7 Å². The van der Waals surface area contributed by atoms with Crippen LogP contribution in [0.3, 0.4) is 0 Å². The molecule has 2 heterocycles. The predicted octanol–water partition coefficient (Wildman–Crippen LogP) is 0.540. The van der Waals surface area contributed by atoms with Crippen molar-refractivity contribution < 1.29 is 23.9 Å². The summed E-state index contributed by atoms with van der Waals surface area (Å²) >= 11 is 2.10. The smallest absolute Gasteiger partial charge is 0.355 e. The molecule has 24 heavy (non-hydrogen) atoms. The summed E-state index contributed by atoms with van der Waals surface area (Å²) in [4.78, 5) is 50.1. The first-order chi connectivity index (χ1) is 11.4. The third kappa shape index (κ3) is 2.39. The second kappa shape index (κ2) is 5.96. The van der Waals surface area contributed by atoms with E-state index in [9.17, 15) is 19.2 Å². The van der Waals surface area contributed by atoms with E-state index in [1.807, 2.05) is 0 Å². The minimum atomic E-state index is -1.15. The average Bonchev–Trinajstić information content (AvgIpc) is 3.06. The first-order valence-corrected chi connectivity index (χ1v) is 8.04. The number of hydrazone groups is 1. The monoisotopic (exact) mass is 441 g/mol. The average molecular weight is 441 g/mol. The highest BCUT2D eigenvalue weighted by Crippen LogP contribution is 2.35. The molecule has 1 fully saturated rings. The van der Waals surface area contributed by atoms with E-state index in [1.54, 1.807) is 24.3 Å². The number of methoxy groups -OCH3 is 1. The summed E-state index contributed by atoms with van der Waals surface area (Å²) in [7, 11) is 1.15. The molecule has 0 N–H and O–H groups in total. The maximum absolute atomic E-state index is 12.8. The van der Waals surface area contributed by atoms with Crippen LogP contribution in [0.1, 0.15) is 6.92 Å². The van der Waals surface area contributed by atoms with Gasteiger partial charge in [-0.05, 0) is 46.9 Å². The molecule has 0 radical (unpaired) electrons. The van der Waals surface area contributed by atoms with Crippen LogP contribution in [0.5, 0.6) is 0 Å². The van der Waals surface area contributed by atoms with Gasteiger partial charge in [0.15, 0.2) is 11.8 Å². The van der Waals surface area contributed by atoms with Crippen molar-refractivity contribution in [2.45, 2.75) is 13.0 Å². The van der Waals surface area contributed by atoms with Gasteiger partial charge in [0.1, 0.15) is 5.92 Å². The van der Waals surface area contributed by atoms with E-state index in [2.05, 4.69) is 32.4 Å². The van der Waals surface area contributed by atoms with E-state index < -0.39 is 35.7 Å². The number of nitrogens with zero attached hydrogens (tertiary/aromatic N) is 3. The molecule has 0 aliphatic carbocycles. The molecule has 2 atom stereocenters. The van der Waals surface area contributed by atoms with Gasteiger partial charge in [0.25, 0.3) is 5.91 Å². The van der Waals surface area contributed by atoms with Gasteiger partial charge in [-0.15, -0.1) is 0 Å². The highest BCUT2D eigenvalue weighted by atomic mass is 127. The number of carbonyl (C=O) groups is 4. The Morgan fingerprint density at radius 2 is 1.79 bits per heavy atom. The van der Waals surface area contributed by atoms with Crippen LogP contribution in [0.25, 0.3) is 0 Å². The molecule has 124 valence electrons. The van der Waals surface area contributed by atoms with Crippen LogP contribution in [0.15, 0.2) is 29.4 Å². The van der Waals surface area contributed by atoms with Crippen LogP contribution in [0, 0.1) is 9.49 Å². The van der Waals surface area contributed by atoms with Crippen molar-refractivity contribution in [3.8, 4) is 0 Å². The standard InChI is InChI=1S/C15H12IN3O5/c1-7(20)19-12-10(11(17-19)15(23)24-2)13(21)18(14(12)22)9-5-3-8(16)4-6-9/h3-6,10,12H,1-2H3/t10-,12+/m1/s1. The molecule has 0 saturated carbocycles. The molecule has 3 rings (SSSR count). The molecule has 2 aliphatic rings. The summed E-state index contributed by atoms with van der Waals surface area (Å²) in [6.45, 7) is 1.21. The fourth-order valence-corrected chi connectivity index (χ4v) is 3.15. The van der Waals surface area contributed by atoms with Crippen LogP contribution >= 0.6 is 22.6 Å². The zero-order valence-corrected chi connectivity index (χ0v) is 14.9. The largest absolute Gasteiger partial charge is 0.464 e. The summed E-state index contributed by atoms with van der Waals surface area (Å²) in [6.07, 6.45) is 0. The number of ether oxygens (including phenoxy) is 1. The number of rotatable bonds is 2. The van der Waals surface area contributed by atoms with Gasteiger partial charge in [0.2, 0.25) is 11.8 Å². The van der Waals surface area contributed by atoms with Crippen LogP contribution in [-0.2, 0) is 23.9 Å². The molecular formula is C15H12IN3O5. The van der Waals surface area contributed by atoms with E-state index in [0.717, 1.165) is 20.6 Å². The summed E-state index contributed by atoms with van der Waals surface area (Å²) in [5.74, 6) is -3.70. The highest BCUT2D eigenvalue weighted by molar-refractivity contribution is 14.1. The van der Waals surface area contributed by atoms with E-state index in [4.69, 9.17) is 0 Å². The summed E-state index contributed by atoms with van der Waals surface area (Å²) in [6, 6.07) is 5.62. The van der Waals surface area contributed by atoms with Crippen molar-refractivity contribution in [2.24, 2.45) is 11.0 Å². The van der Waals surface area contributed by atoms with Gasteiger partial charge >= 0.3 is 5.97 Å². The second-order valence-electron chi connectivity index (χ2n) is 5.25. The number of benzene rings is 1. The summed E-state index contributed by atoms with van der Waals surface area (Å²) in [5, 5.41) is 4.72. The molecule has 3 amide bonds. The van der Waals surface area contributed by atoms with Gasteiger partial charge in [-0.3, -0.25) is 14.4 Å². The van der Waals surface area contributed by atoms with Crippen LogP contribution in [0.2, 0.25) is 0 Å². The molecule has 9 heteroatoms. The normalized spacial score (nSPS) is 22.5. The molecule has 0 unspecified atom stereocenters. The number of carbonyl (C=O) groups excluding carboxylic acids is 4. The fraction of sp³-hybridized carbons (Fsp3) is 0.267. The van der Waals surface area contributed by atoms with E-state index >= 15 is 0 Å². The fourth-order valence-electron chi connectivity index (χ4n) is 2.79. The number of halogens is 1. The lowest BCUT2D eigenvalue weighted by Gasteiger charge is -2.19. The molecule has 2 aliphatic heterocycles. The molecule has 0 spiro atoms. The number of amides is 3. The maximum atomic E-state index is 12.8. The van der Waals surface area contributed by atoms with Gasteiger partial charge in [-0.2, -0.15) is 5.10 Å². The predicted molar refractivity (Wildman–Crippen MR) is 90.9 cm³/mol. The number of hydrogen-bond donors (Lipinski definition) is 0. The first-order valence-electron chi connectivity index (χ1n) is 6.96. The molecule has 8 nitrogen and oxygen atoms in total.